The number of ketones is 1. The van der Waals surface area contributed by atoms with Crippen molar-refractivity contribution in [2.75, 3.05) is 18.2 Å². The second kappa shape index (κ2) is 10.8. The first-order valence-electron chi connectivity index (χ1n) is 10.2. The second-order valence-corrected chi connectivity index (χ2v) is 8.24. The summed E-state index contributed by atoms with van der Waals surface area (Å²) >= 11 is 1.19. The number of ether oxygens (including phenoxy) is 1. The highest BCUT2D eigenvalue weighted by molar-refractivity contribution is 7.98. The summed E-state index contributed by atoms with van der Waals surface area (Å²) in [5, 5.41) is 14.1. The van der Waals surface area contributed by atoms with E-state index in [1.165, 1.54) is 42.1 Å². The fourth-order valence-corrected chi connectivity index (χ4v) is 3.82. The molecule has 0 saturated heterocycles. The van der Waals surface area contributed by atoms with Gasteiger partial charge in [0.25, 0.3) is 11.6 Å². The molecule has 1 N–H and O–H groups in total. The average molecular weight is 479 g/mol. The van der Waals surface area contributed by atoms with Gasteiger partial charge >= 0.3 is 5.97 Å². The van der Waals surface area contributed by atoms with Gasteiger partial charge in [-0.05, 0) is 55.5 Å². The molecule has 1 amide bonds. The number of carbonyl (C=O) groups excluding carboxylic acids is 3. The molecule has 0 aliphatic carbocycles. The number of nitrogens with one attached hydrogen (secondary N) is 1. The van der Waals surface area contributed by atoms with Crippen molar-refractivity contribution in [2.45, 2.75) is 18.7 Å². The van der Waals surface area contributed by atoms with Crippen LogP contribution in [0.15, 0.2) is 65.6 Å². The fourth-order valence-electron chi connectivity index (χ4n) is 3.27. The largest absolute Gasteiger partial charge is 0.452 e. The van der Waals surface area contributed by atoms with Gasteiger partial charge in [0.2, 0.25) is 0 Å². The third-order valence-corrected chi connectivity index (χ3v) is 6.03. The van der Waals surface area contributed by atoms with E-state index >= 15 is 0 Å². The maximum Gasteiger partial charge on any atom is 0.339 e. The molecule has 0 heterocycles. The lowest BCUT2D eigenvalue weighted by atomic mass is 9.98. The molecule has 0 aromatic heterocycles. The van der Waals surface area contributed by atoms with Crippen LogP contribution in [0, 0.1) is 24.0 Å². The fraction of sp³-hybridized carbons (Fsp3) is 0.160. The number of nitrogens with zero attached hydrogens (tertiary/aromatic N) is 1. The molecular formula is C25H22N2O6S. The van der Waals surface area contributed by atoms with Gasteiger partial charge in [-0.15, -0.1) is 11.8 Å². The number of carbonyl (C=O) groups is 3. The van der Waals surface area contributed by atoms with E-state index in [1.54, 1.807) is 24.5 Å². The molecule has 8 nitrogen and oxygen atoms in total. The predicted molar refractivity (Wildman–Crippen MR) is 130 cm³/mol. The standard InChI is InChI=1S/C25H22N2O6S/c1-15-7-6-10-20(16(15)2)26-23(28)14-33-25(30)19-9-5-4-8-18(19)24(29)17-11-12-22(34-3)21(13-17)27(31)32/h4-13H,14H2,1-3H3,(H,26,28). The van der Waals surface area contributed by atoms with E-state index in [1.807, 2.05) is 26.0 Å². The molecule has 0 aliphatic heterocycles. The SMILES string of the molecule is CSc1ccc(C(=O)c2ccccc2C(=O)OCC(=O)Nc2cccc(C)c2C)cc1[N+](=O)[O-]. The molecule has 3 aromatic carbocycles. The normalized spacial score (nSPS) is 10.4. The molecule has 34 heavy (non-hydrogen) atoms. The minimum Gasteiger partial charge on any atom is -0.452 e. The minimum absolute atomic E-state index is 0.0219. The van der Waals surface area contributed by atoms with Crippen LogP contribution in [0.1, 0.15) is 37.4 Å². The number of hydrogen-bond acceptors (Lipinski definition) is 7. The summed E-state index contributed by atoms with van der Waals surface area (Å²) in [6.45, 7) is 3.25. The first-order chi connectivity index (χ1) is 16.2. The summed E-state index contributed by atoms with van der Waals surface area (Å²) < 4.78 is 5.14. The van der Waals surface area contributed by atoms with E-state index in [0.29, 0.717) is 10.6 Å². The molecule has 0 saturated carbocycles. The van der Waals surface area contributed by atoms with Gasteiger partial charge in [0.15, 0.2) is 12.4 Å². The number of amides is 1. The topological polar surface area (TPSA) is 116 Å². The number of benzene rings is 3. The first-order valence-corrected chi connectivity index (χ1v) is 11.4. The van der Waals surface area contributed by atoms with E-state index < -0.39 is 29.2 Å². The molecule has 174 valence electrons. The van der Waals surface area contributed by atoms with Crippen LogP contribution in [0.4, 0.5) is 11.4 Å². The van der Waals surface area contributed by atoms with Crippen molar-refractivity contribution in [2.24, 2.45) is 0 Å². The van der Waals surface area contributed by atoms with Crippen LogP contribution in [0.3, 0.4) is 0 Å². The molecular weight excluding hydrogens is 456 g/mol. The van der Waals surface area contributed by atoms with Crippen LogP contribution in [-0.2, 0) is 9.53 Å². The quantitative estimate of drug-likeness (QED) is 0.160. The summed E-state index contributed by atoms with van der Waals surface area (Å²) in [5.41, 5.74) is 2.39. The summed E-state index contributed by atoms with van der Waals surface area (Å²) in [6.07, 6.45) is 1.70. The molecule has 3 aromatic rings. The average Bonchev–Trinajstić information content (AvgIpc) is 2.84. The second-order valence-electron chi connectivity index (χ2n) is 7.39. The van der Waals surface area contributed by atoms with Gasteiger partial charge in [-0.2, -0.15) is 0 Å². The van der Waals surface area contributed by atoms with Crippen LogP contribution >= 0.6 is 11.8 Å². The van der Waals surface area contributed by atoms with Gasteiger partial charge in [-0.25, -0.2) is 4.79 Å². The number of anilines is 1. The van der Waals surface area contributed by atoms with Gasteiger partial charge in [-0.3, -0.25) is 19.7 Å². The Morgan fingerprint density at radius 3 is 2.38 bits per heavy atom. The third-order valence-electron chi connectivity index (χ3n) is 5.24. The van der Waals surface area contributed by atoms with Crippen molar-refractivity contribution in [3.8, 4) is 0 Å². The Kier molecular flexibility index (Phi) is 7.80. The number of hydrogen-bond donors (Lipinski definition) is 1. The number of rotatable bonds is 8. The number of nitro groups is 1. The van der Waals surface area contributed by atoms with Crippen LogP contribution < -0.4 is 5.32 Å². The van der Waals surface area contributed by atoms with Crippen LogP contribution in [-0.4, -0.2) is 35.4 Å². The Hall–Kier alpha value is -3.98. The van der Waals surface area contributed by atoms with Crippen molar-refractivity contribution in [3.05, 3.63) is 98.6 Å². The Bertz CT molecular complexity index is 1290. The van der Waals surface area contributed by atoms with E-state index in [-0.39, 0.29) is 22.4 Å². The van der Waals surface area contributed by atoms with E-state index in [0.717, 1.165) is 11.1 Å². The summed E-state index contributed by atoms with van der Waals surface area (Å²) in [4.78, 5) is 49.3. The summed E-state index contributed by atoms with van der Waals surface area (Å²) in [7, 11) is 0. The zero-order valence-corrected chi connectivity index (χ0v) is 19.6. The van der Waals surface area contributed by atoms with Gasteiger partial charge in [0, 0.05) is 22.9 Å². The van der Waals surface area contributed by atoms with Crippen molar-refractivity contribution < 1.29 is 24.0 Å². The van der Waals surface area contributed by atoms with Crippen LogP contribution in [0.5, 0.6) is 0 Å². The van der Waals surface area contributed by atoms with Gasteiger partial charge in [-0.1, -0.05) is 30.3 Å². The maximum atomic E-state index is 13.1. The monoisotopic (exact) mass is 478 g/mol. The van der Waals surface area contributed by atoms with Crippen LogP contribution in [0.25, 0.3) is 0 Å². The third kappa shape index (κ3) is 5.49. The zero-order chi connectivity index (χ0) is 24.8. The number of esters is 1. The molecule has 0 aliphatic rings. The molecule has 0 spiro atoms. The van der Waals surface area contributed by atoms with Gasteiger partial charge in [0.05, 0.1) is 15.4 Å². The molecule has 0 fully saturated rings. The highest BCUT2D eigenvalue weighted by Crippen LogP contribution is 2.29. The summed E-state index contributed by atoms with van der Waals surface area (Å²) in [5.74, 6) is -1.94. The predicted octanol–water partition coefficient (Wildman–Crippen LogP) is 4.96. The highest BCUT2D eigenvalue weighted by Gasteiger charge is 2.23. The van der Waals surface area contributed by atoms with Crippen molar-refractivity contribution in [1.29, 1.82) is 0 Å². The Balaban J connectivity index is 1.77. The van der Waals surface area contributed by atoms with Crippen LogP contribution in [0.2, 0.25) is 0 Å². The number of aryl methyl sites for hydroxylation is 1. The summed E-state index contributed by atoms with van der Waals surface area (Å²) in [6, 6.07) is 15.6. The molecule has 0 radical (unpaired) electrons. The molecule has 0 atom stereocenters. The minimum atomic E-state index is -0.852. The van der Waals surface area contributed by atoms with Crippen molar-refractivity contribution >= 4 is 40.8 Å². The molecule has 9 heteroatoms. The molecule has 0 bridgehead atoms. The Morgan fingerprint density at radius 2 is 1.71 bits per heavy atom. The smallest absolute Gasteiger partial charge is 0.339 e. The number of nitro benzene ring substituents is 1. The van der Waals surface area contributed by atoms with Gasteiger partial charge < -0.3 is 10.1 Å². The lowest BCUT2D eigenvalue weighted by Crippen LogP contribution is -2.22. The highest BCUT2D eigenvalue weighted by atomic mass is 32.2. The van der Waals surface area contributed by atoms with E-state index in [4.69, 9.17) is 4.74 Å². The van der Waals surface area contributed by atoms with E-state index in [9.17, 15) is 24.5 Å². The lowest BCUT2D eigenvalue weighted by Gasteiger charge is -2.12. The van der Waals surface area contributed by atoms with Gasteiger partial charge in [0.1, 0.15) is 0 Å². The molecule has 3 rings (SSSR count). The Morgan fingerprint density at radius 1 is 1.00 bits per heavy atom. The number of thioether (sulfide) groups is 1. The van der Waals surface area contributed by atoms with Crippen molar-refractivity contribution in [1.82, 2.24) is 0 Å². The Labute approximate surface area is 200 Å². The maximum absolute atomic E-state index is 13.1. The zero-order valence-electron chi connectivity index (χ0n) is 18.8. The van der Waals surface area contributed by atoms with Crippen molar-refractivity contribution in [3.63, 3.8) is 0 Å². The first kappa shape index (κ1) is 24.7. The van der Waals surface area contributed by atoms with E-state index in [2.05, 4.69) is 5.32 Å². The lowest BCUT2D eigenvalue weighted by molar-refractivity contribution is -0.387. The molecule has 0 unspecified atom stereocenters.